The molecule has 0 aromatic carbocycles. The number of hydrogen-bond donors (Lipinski definition) is 2. The normalized spacial score (nSPS) is 11.6. The van der Waals surface area contributed by atoms with E-state index in [-0.39, 0.29) is 0 Å². The molecule has 24 heavy (non-hydrogen) atoms. The summed E-state index contributed by atoms with van der Waals surface area (Å²) in [5.41, 5.74) is 0. The standard InChI is InChI=1S/C22H44O2/c23-21-19-17-15-13-11-9-7-5-3-1-2-4-6-8-10-12-14-16-18-20-22-24/h3,5,23-24H,1-2,4,6-22H2/b5-3-. The molecule has 0 heterocycles. The maximum absolute atomic E-state index is 8.71. The average Bonchev–Trinajstić information content (AvgIpc) is 2.60. The molecule has 0 spiro atoms. The third-order valence-electron chi connectivity index (χ3n) is 4.72. The molecule has 0 amide bonds. The first-order valence-corrected chi connectivity index (χ1v) is 10.8. The van der Waals surface area contributed by atoms with Crippen molar-refractivity contribution in [2.45, 2.75) is 116 Å². The van der Waals surface area contributed by atoms with Crippen molar-refractivity contribution in [3.05, 3.63) is 12.2 Å². The SMILES string of the molecule is OCCCCCCCC/C=C\CCCCCCCCCCCCO. The van der Waals surface area contributed by atoms with Crippen LogP contribution in [0.3, 0.4) is 0 Å². The molecular formula is C22H44O2. The maximum Gasteiger partial charge on any atom is 0.0431 e. The Bertz CT molecular complexity index is 238. The van der Waals surface area contributed by atoms with Crippen LogP contribution in [0.5, 0.6) is 0 Å². The van der Waals surface area contributed by atoms with E-state index in [4.69, 9.17) is 10.2 Å². The zero-order valence-corrected chi connectivity index (χ0v) is 16.2. The van der Waals surface area contributed by atoms with Crippen LogP contribution in [0.15, 0.2) is 12.2 Å². The Kier molecular flexibility index (Phi) is 22.3. The molecule has 2 heteroatoms. The van der Waals surface area contributed by atoms with Crippen molar-refractivity contribution in [3.63, 3.8) is 0 Å². The average molecular weight is 341 g/mol. The summed E-state index contributed by atoms with van der Waals surface area (Å²) in [6, 6.07) is 0. The van der Waals surface area contributed by atoms with Crippen molar-refractivity contribution in [2.24, 2.45) is 0 Å². The summed E-state index contributed by atoms with van der Waals surface area (Å²) >= 11 is 0. The van der Waals surface area contributed by atoms with Gasteiger partial charge in [-0.3, -0.25) is 0 Å². The van der Waals surface area contributed by atoms with Gasteiger partial charge in [-0.15, -0.1) is 0 Å². The molecule has 0 saturated heterocycles. The lowest BCUT2D eigenvalue weighted by molar-refractivity contribution is 0.282. The molecule has 0 aliphatic heterocycles. The van der Waals surface area contributed by atoms with Crippen LogP contribution in [-0.4, -0.2) is 23.4 Å². The molecule has 0 unspecified atom stereocenters. The summed E-state index contributed by atoms with van der Waals surface area (Å²) in [5, 5.41) is 17.4. The van der Waals surface area contributed by atoms with Crippen LogP contribution in [-0.2, 0) is 0 Å². The topological polar surface area (TPSA) is 40.5 Å². The molecule has 0 radical (unpaired) electrons. The predicted molar refractivity (Wildman–Crippen MR) is 106 cm³/mol. The van der Waals surface area contributed by atoms with Gasteiger partial charge in [0.1, 0.15) is 0 Å². The molecule has 2 N–H and O–H groups in total. The number of unbranched alkanes of at least 4 members (excludes halogenated alkanes) is 16. The first-order valence-electron chi connectivity index (χ1n) is 10.8. The second-order valence-electron chi connectivity index (χ2n) is 7.15. The fourth-order valence-corrected chi connectivity index (χ4v) is 3.11. The lowest BCUT2D eigenvalue weighted by Crippen LogP contribution is -1.84. The molecule has 0 aromatic heterocycles. The van der Waals surface area contributed by atoms with Crippen molar-refractivity contribution in [1.29, 1.82) is 0 Å². The maximum atomic E-state index is 8.71. The Morgan fingerprint density at radius 3 is 0.875 bits per heavy atom. The summed E-state index contributed by atoms with van der Waals surface area (Å²) in [5.74, 6) is 0. The van der Waals surface area contributed by atoms with Crippen LogP contribution in [0.25, 0.3) is 0 Å². The summed E-state index contributed by atoms with van der Waals surface area (Å²) in [6.07, 6.45) is 27.9. The molecule has 0 saturated carbocycles. The first-order chi connectivity index (χ1) is 11.9. The minimum Gasteiger partial charge on any atom is -0.396 e. The van der Waals surface area contributed by atoms with E-state index in [9.17, 15) is 0 Å². The molecule has 0 aromatic rings. The summed E-state index contributed by atoms with van der Waals surface area (Å²) < 4.78 is 0. The Hall–Kier alpha value is -0.340. The van der Waals surface area contributed by atoms with Crippen LogP contribution in [0.1, 0.15) is 116 Å². The van der Waals surface area contributed by atoms with Gasteiger partial charge >= 0.3 is 0 Å². The van der Waals surface area contributed by atoms with Gasteiger partial charge in [0, 0.05) is 13.2 Å². The highest BCUT2D eigenvalue weighted by molar-refractivity contribution is 4.81. The molecule has 144 valence electrons. The van der Waals surface area contributed by atoms with E-state index in [2.05, 4.69) is 12.2 Å². The lowest BCUT2D eigenvalue weighted by atomic mass is 10.1. The fourth-order valence-electron chi connectivity index (χ4n) is 3.11. The fraction of sp³-hybridized carbons (Fsp3) is 0.909. The van der Waals surface area contributed by atoms with Crippen molar-refractivity contribution < 1.29 is 10.2 Å². The summed E-state index contributed by atoms with van der Waals surface area (Å²) in [7, 11) is 0. The van der Waals surface area contributed by atoms with Crippen molar-refractivity contribution in [3.8, 4) is 0 Å². The molecule has 0 fully saturated rings. The number of aliphatic hydroxyl groups is 2. The van der Waals surface area contributed by atoms with E-state index >= 15 is 0 Å². The van der Waals surface area contributed by atoms with Crippen LogP contribution in [0.2, 0.25) is 0 Å². The smallest absolute Gasteiger partial charge is 0.0431 e. The summed E-state index contributed by atoms with van der Waals surface area (Å²) in [6.45, 7) is 0.716. The zero-order chi connectivity index (χ0) is 17.6. The van der Waals surface area contributed by atoms with Gasteiger partial charge in [-0.2, -0.15) is 0 Å². The van der Waals surface area contributed by atoms with E-state index in [0.29, 0.717) is 13.2 Å². The first kappa shape index (κ1) is 23.7. The van der Waals surface area contributed by atoms with Gasteiger partial charge in [0.05, 0.1) is 0 Å². The monoisotopic (exact) mass is 340 g/mol. The molecule has 0 aliphatic rings. The molecular weight excluding hydrogens is 296 g/mol. The third-order valence-corrected chi connectivity index (χ3v) is 4.72. The highest BCUT2D eigenvalue weighted by Gasteiger charge is 1.93. The molecule has 2 nitrogen and oxygen atoms in total. The third kappa shape index (κ3) is 21.7. The Morgan fingerprint density at radius 1 is 0.333 bits per heavy atom. The van der Waals surface area contributed by atoms with E-state index in [1.165, 1.54) is 103 Å². The van der Waals surface area contributed by atoms with Gasteiger partial charge in [-0.1, -0.05) is 89.2 Å². The quantitative estimate of drug-likeness (QED) is 0.195. The highest BCUT2D eigenvalue weighted by Crippen LogP contribution is 2.12. The Morgan fingerprint density at radius 2 is 0.583 bits per heavy atom. The van der Waals surface area contributed by atoms with Crippen LogP contribution in [0, 0.1) is 0 Å². The van der Waals surface area contributed by atoms with Crippen LogP contribution >= 0.6 is 0 Å². The summed E-state index contributed by atoms with van der Waals surface area (Å²) in [4.78, 5) is 0. The van der Waals surface area contributed by atoms with Crippen molar-refractivity contribution >= 4 is 0 Å². The second-order valence-corrected chi connectivity index (χ2v) is 7.15. The number of hydrogen-bond acceptors (Lipinski definition) is 2. The molecule has 0 bridgehead atoms. The highest BCUT2D eigenvalue weighted by atomic mass is 16.3. The Balaban J connectivity index is 3.03. The van der Waals surface area contributed by atoms with E-state index < -0.39 is 0 Å². The number of aliphatic hydroxyl groups excluding tert-OH is 2. The van der Waals surface area contributed by atoms with Crippen molar-refractivity contribution in [2.75, 3.05) is 13.2 Å². The van der Waals surface area contributed by atoms with Gasteiger partial charge in [0.25, 0.3) is 0 Å². The van der Waals surface area contributed by atoms with E-state index in [1.807, 2.05) is 0 Å². The second kappa shape index (κ2) is 22.7. The van der Waals surface area contributed by atoms with Crippen molar-refractivity contribution in [1.82, 2.24) is 0 Å². The van der Waals surface area contributed by atoms with Gasteiger partial charge in [-0.05, 0) is 38.5 Å². The van der Waals surface area contributed by atoms with Gasteiger partial charge in [-0.25, -0.2) is 0 Å². The zero-order valence-electron chi connectivity index (χ0n) is 16.2. The minimum absolute atomic E-state index is 0.355. The van der Waals surface area contributed by atoms with E-state index in [1.54, 1.807) is 0 Å². The Labute approximate surface area is 151 Å². The minimum atomic E-state index is 0.355. The largest absolute Gasteiger partial charge is 0.396 e. The van der Waals surface area contributed by atoms with E-state index in [0.717, 1.165) is 12.8 Å². The number of rotatable bonds is 20. The molecule has 0 atom stereocenters. The molecule has 0 rings (SSSR count). The van der Waals surface area contributed by atoms with Gasteiger partial charge in [0.2, 0.25) is 0 Å². The number of allylic oxidation sites excluding steroid dienone is 2. The molecule has 0 aliphatic carbocycles. The van der Waals surface area contributed by atoms with Crippen LogP contribution in [0.4, 0.5) is 0 Å². The van der Waals surface area contributed by atoms with Gasteiger partial charge < -0.3 is 10.2 Å². The van der Waals surface area contributed by atoms with Crippen LogP contribution < -0.4 is 0 Å². The predicted octanol–water partition coefficient (Wildman–Crippen LogP) is 6.55. The van der Waals surface area contributed by atoms with Gasteiger partial charge in [0.15, 0.2) is 0 Å². The lowest BCUT2D eigenvalue weighted by Gasteiger charge is -2.01.